The minimum Gasteiger partial charge on any atom is -0.449 e. The van der Waals surface area contributed by atoms with Gasteiger partial charge in [0.2, 0.25) is 10.0 Å². The van der Waals surface area contributed by atoms with Crippen molar-refractivity contribution in [1.29, 1.82) is 0 Å². The second-order valence-corrected chi connectivity index (χ2v) is 8.75. The Hall–Kier alpha value is -3.12. The quantitative estimate of drug-likeness (QED) is 0.571. The number of rotatable bonds is 8. The smallest absolute Gasteiger partial charge is 0.449 e. The summed E-state index contributed by atoms with van der Waals surface area (Å²) < 4.78 is 72.5. The minimum absolute atomic E-state index is 0.0584. The van der Waals surface area contributed by atoms with Crippen LogP contribution in [-0.4, -0.2) is 38.8 Å². The summed E-state index contributed by atoms with van der Waals surface area (Å²) in [6.07, 6.45) is -4.59. The number of hydrogen-bond donors (Lipinski definition) is 2. The summed E-state index contributed by atoms with van der Waals surface area (Å²) in [5, 5.41) is 2.39. The van der Waals surface area contributed by atoms with Crippen LogP contribution < -0.4 is 14.8 Å². The standard InChI is InChI=1S/C20H19F3N2O6S/c1-12(18(26)24-14-7-9-16(10-8-14)31-20(21,22)23)30-19(27)13-3-2-4-17(11-13)32(28,29)25-15-5-6-15/h2-4,7-12,15,25H,5-6H2,1H3,(H,24,26). The van der Waals surface area contributed by atoms with Crippen LogP contribution in [-0.2, 0) is 19.6 Å². The Kier molecular flexibility index (Phi) is 6.74. The van der Waals surface area contributed by atoms with Crippen molar-refractivity contribution in [3.63, 3.8) is 0 Å². The van der Waals surface area contributed by atoms with Crippen molar-refractivity contribution >= 4 is 27.6 Å². The molecular formula is C20H19F3N2O6S. The Morgan fingerprint density at radius 1 is 1.09 bits per heavy atom. The fourth-order valence-electron chi connectivity index (χ4n) is 2.54. The Bertz CT molecular complexity index is 1100. The number of halogens is 3. The molecule has 0 aliphatic heterocycles. The van der Waals surface area contributed by atoms with Gasteiger partial charge in [-0.25, -0.2) is 17.9 Å². The van der Waals surface area contributed by atoms with Gasteiger partial charge in [0.15, 0.2) is 6.10 Å². The highest BCUT2D eigenvalue weighted by molar-refractivity contribution is 7.89. The van der Waals surface area contributed by atoms with E-state index in [-0.39, 0.29) is 22.2 Å². The van der Waals surface area contributed by atoms with Crippen molar-refractivity contribution in [2.24, 2.45) is 0 Å². The van der Waals surface area contributed by atoms with Crippen LogP contribution in [0.2, 0.25) is 0 Å². The van der Waals surface area contributed by atoms with Crippen molar-refractivity contribution in [2.45, 2.75) is 43.2 Å². The Balaban J connectivity index is 1.59. The molecular weight excluding hydrogens is 453 g/mol. The number of ether oxygens (including phenoxy) is 2. The minimum atomic E-state index is -4.84. The molecule has 0 spiro atoms. The number of hydrogen-bond acceptors (Lipinski definition) is 6. The van der Waals surface area contributed by atoms with Crippen LogP contribution >= 0.6 is 0 Å². The first kappa shape index (κ1) is 23.5. The number of anilines is 1. The number of carbonyl (C=O) groups excluding carboxylic acids is 2. The van der Waals surface area contributed by atoms with E-state index >= 15 is 0 Å². The van der Waals surface area contributed by atoms with E-state index in [1.165, 1.54) is 37.3 Å². The SMILES string of the molecule is CC(OC(=O)c1cccc(S(=O)(=O)NC2CC2)c1)C(=O)Nc1ccc(OC(F)(F)F)cc1. The maximum atomic E-state index is 12.4. The molecule has 0 bridgehead atoms. The van der Waals surface area contributed by atoms with Crippen LogP contribution in [0, 0.1) is 0 Å². The zero-order valence-corrected chi connectivity index (χ0v) is 17.5. The summed E-state index contributed by atoms with van der Waals surface area (Å²) >= 11 is 0. The van der Waals surface area contributed by atoms with Crippen LogP contribution in [0.3, 0.4) is 0 Å². The zero-order chi connectivity index (χ0) is 23.5. The monoisotopic (exact) mass is 472 g/mol. The van der Waals surface area contributed by atoms with Gasteiger partial charge in [-0.2, -0.15) is 0 Å². The maximum absolute atomic E-state index is 12.4. The van der Waals surface area contributed by atoms with Gasteiger partial charge in [0.25, 0.3) is 5.91 Å². The molecule has 1 aliphatic carbocycles. The third-order valence-electron chi connectivity index (χ3n) is 4.29. The van der Waals surface area contributed by atoms with Gasteiger partial charge in [0.1, 0.15) is 5.75 Å². The first-order valence-corrected chi connectivity index (χ1v) is 10.9. The van der Waals surface area contributed by atoms with E-state index in [1.807, 2.05) is 0 Å². The summed E-state index contributed by atoms with van der Waals surface area (Å²) in [5.41, 5.74) is 0.101. The highest BCUT2D eigenvalue weighted by atomic mass is 32.2. The Morgan fingerprint density at radius 3 is 2.34 bits per heavy atom. The van der Waals surface area contributed by atoms with E-state index < -0.39 is 40.1 Å². The topological polar surface area (TPSA) is 111 Å². The molecule has 172 valence electrons. The second-order valence-electron chi connectivity index (χ2n) is 7.03. The fourth-order valence-corrected chi connectivity index (χ4v) is 3.90. The van der Waals surface area contributed by atoms with Gasteiger partial charge in [-0.05, 0) is 62.2 Å². The molecule has 1 unspecified atom stereocenters. The molecule has 8 nitrogen and oxygen atoms in total. The number of alkyl halides is 3. The lowest BCUT2D eigenvalue weighted by molar-refractivity contribution is -0.274. The van der Waals surface area contributed by atoms with E-state index in [9.17, 15) is 31.2 Å². The predicted octanol–water partition coefficient (Wildman–Crippen LogP) is 3.21. The lowest BCUT2D eigenvalue weighted by atomic mass is 10.2. The summed E-state index contributed by atoms with van der Waals surface area (Å²) in [6, 6.07) is 9.52. The fraction of sp³-hybridized carbons (Fsp3) is 0.300. The molecule has 1 saturated carbocycles. The largest absolute Gasteiger partial charge is 0.573 e. The highest BCUT2D eigenvalue weighted by Gasteiger charge is 2.31. The number of amides is 1. The second kappa shape index (κ2) is 9.17. The highest BCUT2D eigenvalue weighted by Crippen LogP contribution is 2.24. The molecule has 32 heavy (non-hydrogen) atoms. The predicted molar refractivity (Wildman–Crippen MR) is 106 cm³/mol. The Morgan fingerprint density at radius 2 is 1.75 bits per heavy atom. The number of esters is 1. The van der Waals surface area contributed by atoms with E-state index in [0.717, 1.165) is 31.0 Å². The van der Waals surface area contributed by atoms with Crippen molar-refractivity contribution < 1.29 is 40.7 Å². The normalized spacial score (nSPS) is 15.0. The molecule has 1 fully saturated rings. The molecule has 2 aromatic carbocycles. The lowest BCUT2D eigenvalue weighted by Gasteiger charge is -2.14. The first-order valence-electron chi connectivity index (χ1n) is 9.43. The number of benzene rings is 2. The van der Waals surface area contributed by atoms with Gasteiger partial charge in [0.05, 0.1) is 10.5 Å². The summed E-state index contributed by atoms with van der Waals surface area (Å²) in [5.74, 6) is -2.10. The number of sulfonamides is 1. The van der Waals surface area contributed by atoms with Crippen molar-refractivity contribution in [2.75, 3.05) is 5.32 Å². The molecule has 12 heteroatoms. The van der Waals surface area contributed by atoms with E-state index in [4.69, 9.17) is 4.74 Å². The van der Waals surface area contributed by atoms with E-state index in [0.29, 0.717) is 0 Å². The van der Waals surface area contributed by atoms with Crippen LogP contribution in [0.4, 0.5) is 18.9 Å². The molecule has 1 atom stereocenters. The number of nitrogens with one attached hydrogen (secondary N) is 2. The molecule has 2 aromatic rings. The molecule has 3 rings (SSSR count). The first-order chi connectivity index (χ1) is 14.9. The van der Waals surface area contributed by atoms with Crippen molar-refractivity contribution in [1.82, 2.24) is 4.72 Å². The van der Waals surface area contributed by atoms with Gasteiger partial charge < -0.3 is 14.8 Å². The van der Waals surface area contributed by atoms with Crippen molar-refractivity contribution in [3.8, 4) is 5.75 Å². The van der Waals surface area contributed by atoms with Gasteiger partial charge >= 0.3 is 12.3 Å². The van der Waals surface area contributed by atoms with Gasteiger partial charge in [-0.15, -0.1) is 13.2 Å². The average Bonchev–Trinajstić information content (AvgIpc) is 3.51. The molecule has 0 radical (unpaired) electrons. The third-order valence-corrected chi connectivity index (χ3v) is 5.81. The van der Waals surface area contributed by atoms with Gasteiger partial charge in [0, 0.05) is 11.7 Å². The molecule has 1 aliphatic rings. The van der Waals surface area contributed by atoms with E-state index in [2.05, 4.69) is 14.8 Å². The van der Waals surface area contributed by atoms with E-state index in [1.54, 1.807) is 0 Å². The number of carbonyl (C=O) groups is 2. The van der Waals surface area contributed by atoms with Crippen LogP contribution in [0.5, 0.6) is 5.75 Å². The van der Waals surface area contributed by atoms with Crippen LogP contribution in [0.15, 0.2) is 53.4 Å². The zero-order valence-electron chi connectivity index (χ0n) is 16.7. The van der Waals surface area contributed by atoms with Crippen molar-refractivity contribution in [3.05, 3.63) is 54.1 Å². The summed E-state index contributed by atoms with van der Waals surface area (Å²) in [7, 11) is -3.77. The van der Waals surface area contributed by atoms with Crippen LogP contribution in [0.25, 0.3) is 0 Å². The van der Waals surface area contributed by atoms with Crippen LogP contribution in [0.1, 0.15) is 30.1 Å². The molecule has 0 heterocycles. The molecule has 2 N–H and O–H groups in total. The lowest BCUT2D eigenvalue weighted by Crippen LogP contribution is -2.30. The van der Waals surface area contributed by atoms with Gasteiger partial charge in [-0.1, -0.05) is 6.07 Å². The maximum Gasteiger partial charge on any atom is 0.573 e. The molecule has 0 aromatic heterocycles. The molecule has 0 saturated heterocycles. The molecule has 1 amide bonds. The Labute approximate surface area is 181 Å². The average molecular weight is 472 g/mol. The third kappa shape index (κ3) is 6.69. The summed E-state index contributed by atoms with van der Waals surface area (Å²) in [4.78, 5) is 24.5. The van der Waals surface area contributed by atoms with Gasteiger partial charge in [-0.3, -0.25) is 4.79 Å². The summed E-state index contributed by atoms with van der Waals surface area (Å²) in [6.45, 7) is 1.30.